The summed E-state index contributed by atoms with van der Waals surface area (Å²) in [5, 5.41) is 3.46. The highest BCUT2D eigenvalue weighted by Gasteiger charge is 2.00. The van der Waals surface area contributed by atoms with Crippen LogP contribution in [0.15, 0.2) is 78.9 Å². The van der Waals surface area contributed by atoms with Gasteiger partial charge >= 0.3 is 0 Å². The third-order valence-electron chi connectivity index (χ3n) is 5.13. The number of anilines is 1. The minimum Gasteiger partial charge on any atom is -0.494 e. The smallest absolute Gasteiger partial charge is 0.122 e. The van der Waals surface area contributed by atoms with Crippen LogP contribution in [0.5, 0.6) is 17.2 Å². The molecule has 0 spiro atoms. The second-order valence-electron chi connectivity index (χ2n) is 7.80. The maximum Gasteiger partial charge on any atom is 0.122 e. The quantitative estimate of drug-likeness (QED) is 0.259. The highest BCUT2D eigenvalue weighted by molar-refractivity contribution is 5.48. The predicted molar refractivity (Wildman–Crippen MR) is 132 cm³/mol. The summed E-state index contributed by atoms with van der Waals surface area (Å²) in [5.74, 6) is 2.63. The zero-order valence-electron chi connectivity index (χ0n) is 19.1. The van der Waals surface area contributed by atoms with E-state index >= 15 is 0 Å². The van der Waals surface area contributed by atoms with Gasteiger partial charge in [-0.2, -0.15) is 0 Å². The van der Waals surface area contributed by atoms with Crippen LogP contribution < -0.4 is 19.5 Å². The summed E-state index contributed by atoms with van der Waals surface area (Å²) in [7, 11) is 0. The molecule has 0 saturated carbocycles. The third kappa shape index (κ3) is 8.93. The number of benzene rings is 3. The summed E-state index contributed by atoms with van der Waals surface area (Å²) in [6, 6.07) is 26.1. The summed E-state index contributed by atoms with van der Waals surface area (Å²) in [6.07, 6.45) is 6.27. The Bertz CT molecular complexity index is 881. The molecule has 0 amide bonds. The SMILES string of the molecule is CCCCCCCOc1ccc(CNc2cccc(OCCOc3ccccc3)c2)cc1. The molecule has 4 heteroatoms. The number of unbranched alkanes of at least 4 members (excludes halogenated alkanes) is 4. The van der Waals surface area contributed by atoms with Crippen molar-refractivity contribution in [2.24, 2.45) is 0 Å². The molecule has 0 bridgehead atoms. The number of nitrogens with one attached hydrogen (secondary N) is 1. The third-order valence-corrected chi connectivity index (χ3v) is 5.13. The van der Waals surface area contributed by atoms with Gasteiger partial charge in [0.05, 0.1) is 6.61 Å². The van der Waals surface area contributed by atoms with Crippen molar-refractivity contribution in [3.05, 3.63) is 84.4 Å². The van der Waals surface area contributed by atoms with Crippen molar-refractivity contribution in [3.8, 4) is 17.2 Å². The first-order valence-corrected chi connectivity index (χ1v) is 11.7. The molecule has 0 unspecified atom stereocenters. The lowest BCUT2D eigenvalue weighted by Crippen LogP contribution is -2.09. The molecule has 32 heavy (non-hydrogen) atoms. The van der Waals surface area contributed by atoms with Gasteiger partial charge in [0.1, 0.15) is 30.5 Å². The van der Waals surface area contributed by atoms with Crippen LogP contribution in [-0.2, 0) is 6.54 Å². The molecule has 3 rings (SSSR count). The Morgan fingerprint density at radius 1 is 0.594 bits per heavy atom. The minimum atomic E-state index is 0.498. The van der Waals surface area contributed by atoms with Crippen molar-refractivity contribution >= 4 is 5.69 Å². The molecule has 170 valence electrons. The van der Waals surface area contributed by atoms with Crippen LogP contribution in [0.4, 0.5) is 5.69 Å². The van der Waals surface area contributed by atoms with Crippen LogP contribution >= 0.6 is 0 Å². The van der Waals surface area contributed by atoms with Gasteiger partial charge in [-0.15, -0.1) is 0 Å². The molecule has 0 fully saturated rings. The largest absolute Gasteiger partial charge is 0.494 e. The second-order valence-corrected chi connectivity index (χ2v) is 7.80. The molecule has 3 aromatic rings. The van der Waals surface area contributed by atoms with E-state index in [1.54, 1.807) is 0 Å². The van der Waals surface area contributed by atoms with Crippen molar-refractivity contribution in [2.45, 2.75) is 45.6 Å². The van der Waals surface area contributed by atoms with Gasteiger partial charge in [0.2, 0.25) is 0 Å². The highest BCUT2D eigenvalue weighted by atomic mass is 16.5. The highest BCUT2D eigenvalue weighted by Crippen LogP contribution is 2.19. The van der Waals surface area contributed by atoms with Gasteiger partial charge in [-0.25, -0.2) is 0 Å². The lowest BCUT2D eigenvalue weighted by molar-refractivity contribution is 0.217. The van der Waals surface area contributed by atoms with Gasteiger partial charge in [0.25, 0.3) is 0 Å². The van der Waals surface area contributed by atoms with E-state index in [0.717, 1.165) is 42.5 Å². The zero-order chi connectivity index (χ0) is 22.3. The fraction of sp³-hybridized carbons (Fsp3) is 0.357. The van der Waals surface area contributed by atoms with Crippen molar-refractivity contribution in [3.63, 3.8) is 0 Å². The first kappa shape index (κ1) is 23.5. The van der Waals surface area contributed by atoms with E-state index in [9.17, 15) is 0 Å². The molecule has 4 nitrogen and oxygen atoms in total. The van der Waals surface area contributed by atoms with Crippen LogP contribution in [0, 0.1) is 0 Å². The van der Waals surface area contributed by atoms with E-state index in [2.05, 4.69) is 36.5 Å². The van der Waals surface area contributed by atoms with Crippen LogP contribution in [0.2, 0.25) is 0 Å². The van der Waals surface area contributed by atoms with Crippen molar-refractivity contribution in [1.29, 1.82) is 0 Å². The standard InChI is InChI=1S/C28H35NO3/c1-2-3-4-5-9-19-30-27-17-15-24(16-18-27)23-29-25-11-10-14-28(22-25)32-21-20-31-26-12-7-6-8-13-26/h6-8,10-18,22,29H,2-5,9,19-21,23H2,1H3. The van der Waals surface area contributed by atoms with Gasteiger partial charge in [-0.05, 0) is 48.4 Å². The van der Waals surface area contributed by atoms with Crippen LogP contribution in [0.25, 0.3) is 0 Å². The Kier molecular flexibility index (Phi) is 10.3. The normalized spacial score (nSPS) is 10.5. The second kappa shape index (κ2) is 14.0. The first-order chi connectivity index (χ1) is 15.8. The molecule has 0 saturated heterocycles. The van der Waals surface area contributed by atoms with E-state index in [0.29, 0.717) is 13.2 Å². The first-order valence-electron chi connectivity index (χ1n) is 11.7. The minimum absolute atomic E-state index is 0.498. The van der Waals surface area contributed by atoms with Crippen molar-refractivity contribution in [1.82, 2.24) is 0 Å². The number of hydrogen-bond donors (Lipinski definition) is 1. The summed E-state index contributed by atoms with van der Waals surface area (Å²) in [4.78, 5) is 0. The Balaban J connectivity index is 1.35. The zero-order valence-corrected chi connectivity index (χ0v) is 19.1. The lowest BCUT2D eigenvalue weighted by Gasteiger charge is -2.11. The molecule has 0 aliphatic rings. The summed E-state index contributed by atoms with van der Waals surface area (Å²) in [5.41, 5.74) is 2.24. The van der Waals surface area contributed by atoms with E-state index in [4.69, 9.17) is 14.2 Å². The van der Waals surface area contributed by atoms with Gasteiger partial charge in [0, 0.05) is 18.3 Å². The fourth-order valence-electron chi connectivity index (χ4n) is 3.33. The molecule has 0 aromatic heterocycles. The average Bonchev–Trinajstić information content (AvgIpc) is 2.84. The van der Waals surface area contributed by atoms with Gasteiger partial charge in [-0.1, -0.05) is 69.0 Å². The molecule has 1 N–H and O–H groups in total. The fourth-order valence-corrected chi connectivity index (χ4v) is 3.33. The topological polar surface area (TPSA) is 39.7 Å². The van der Waals surface area contributed by atoms with Gasteiger partial charge in [-0.3, -0.25) is 0 Å². The molecule has 0 aliphatic heterocycles. The summed E-state index contributed by atoms with van der Waals surface area (Å²) >= 11 is 0. The van der Waals surface area contributed by atoms with E-state index in [1.807, 2.05) is 54.6 Å². The molecule has 0 heterocycles. The number of ether oxygens (including phenoxy) is 3. The predicted octanol–water partition coefficient (Wildman–Crippen LogP) is 7.11. The number of rotatable bonds is 15. The molecule has 3 aromatic carbocycles. The molecular weight excluding hydrogens is 398 g/mol. The maximum atomic E-state index is 5.85. The Morgan fingerprint density at radius 3 is 2.03 bits per heavy atom. The van der Waals surface area contributed by atoms with Crippen LogP contribution in [0.1, 0.15) is 44.6 Å². The Morgan fingerprint density at radius 2 is 1.25 bits per heavy atom. The van der Waals surface area contributed by atoms with E-state index in [-0.39, 0.29) is 0 Å². The van der Waals surface area contributed by atoms with E-state index < -0.39 is 0 Å². The Hall–Kier alpha value is -3.14. The van der Waals surface area contributed by atoms with Gasteiger partial charge < -0.3 is 19.5 Å². The van der Waals surface area contributed by atoms with Crippen molar-refractivity contribution < 1.29 is 14.2 Å². The Labute approximate surface area is 192 Å². The molecular formula is C28H35NO3. The monoisotopic (exact) mass is 433 g/mol. The van der Waals surface area contributed by atoms with Crippen LogP contribution in [0.3, 0.4) is 0 Å². The molecule has 0 aliphatic carbocycles. The lowest BCUT2D eigenvalue weighted by atomic mass is 10.2. The molecule has 0 radical (unpaired) electrons. The van der Waals surface area contributed by atoms with Gasteiger partial charge in [0.15, 0.2) is 0 Å². The number of hydrogen-bond acceptors (Lipinski definition) is 4. The summed E-state index contributed by atoms with van der Waals surface area (Å²) < 4.78 is 17.3. The summed E-state index contributed by atoms with van der Waals surface area (Å²) in [6.45, 7) is 4.79. The van der Waals surface area contributed by atoms with E-state index in [1.165, 1.54) is 31.2 Å². The molecule has 0 atom stereocenters. The maximum absolute atomic E-state index is 5.85. The number of para-hydroxylation sites is 1. The van der Waals surface area contributed by atoms with Crippen LogP contribution in [-0.4, -0.2) is 19.8 Å². The average molecular weight is 434 g/mol. The van der Waals surface area contributed by atoms with Crippen molar-refractivity contribution in [2.75, 3.05) is 25.1 Å².